The van der Waals surface area contributed by atoms with Crippen molar-refractivity contribution in [1.29, 1.82) is 0 Å². The average Bonchev–Trinajstić information content (AvgIpc) is 3.49. The van der Waals surface area contributed by atoms with E-state index in [-0.39, 0.29) is 24.0 Å². The minimum atomic E-state index is -1.17. The topological polar surface area (TPSA) is 176 Å². The smallest absolute Gasteiger partial charge is 0.326 e. The van der Waals surface area contributed by atoms with Gasteiger partial charge in [-0.15, -0.1) is 0 Å². The number of carbonyl (C=O) groups excluding carboxylic acids is 3. The number of amides is 3. The minimum absolute atomic E-state index is 0.0699. The van der Waals surface area contributed by atoms with Gasteiger partial charge in [-0.1, -0.05) is 36.0 Å². The average molecular weight is 524 g/mol. The molecule has 2 aromatic carbocycles. The first-order chi connectivity index (χ1) is 17.8. The van der Waals surface area contributed by atoms with Crippen LogP contribution in [0.2, 0.25) is 0 Å². The van der Waals surface area contributed by atoms with Gasteiger partial charge in [0.15, 0.2) is 0 Å². The standard InChI is InChI=1S/C25H25N5O6S/c26-19(11-16-12-27-13-28-16)22(31)29-20(24(33)34)9-14-1-5-17(6-2-14)36-18-7-3-15(4-8-18)10-21-23(32)30-25(35)37-21/h1-8,12-13,19-21H,9-11,26H2,(H,27,28)(H,29,31)(H,33,34)(H,30,32,35). The van der Waals surface area contributed by atoms with Gasteiger partial charge in [0.1, 0.15) is 17.5 Å². The fraction of sp³-hybridized carbons (Fsp3) is 0.240. The monoisotopic (exact) mass is 523 g/mol. The summed E-state index contributed by atoms with van der Waals surface area (Å²) in [5, 5.41) is 13.6. The van der Waals surface area contributed by atoms with E-state index in [0.717, 1.165) is 17.3 Å². The zero-order chi connectivity index (χ0) is 26.4. The van der Waals surface area contributed by atoms with E-state index in [4.69, 9.17) is 10.5 Å². The number of nitrogens with two attached hydrogens (primary N) is 1. The Morgan fingerprint density at radius 2 is 1.70 bits per heavy atom. The number of thioether (sulfide) groups is 1. The predicted molar refractivity (Wildman–Crippen MR) is 135 cm³/mol. The molecular formula is C25H25N5O6S. The Morgan fingerprint density at radius 3 is 2.24 bits per heavy atom. The molecule has 3 amide bonds. The Bertz CT molecular complexity index is 1260. The number of imidazole rings is 1. The highest BCUT2D eigenvalue weighted by molar-refractivity contribution is 8.15. The molecular weight excluding hydrogens is 498 g/mol. The highest BCUT2D eigenvalue weighted by atomic mass is 32.2. The van der Waals surface area contributed by atoms with Crippen LogP contribution in [-0.2, 0) is 33.6 Å². The van der Waals surface area contributed by atoms with Crippen molar-refractivity contribution in [2.24, 2.45) is 5.73 Å². The maximum absolute atomic E-state index is 12.4. The van der Waals surface area contributed by atoms with E-state index in [0.29, 0.717) is 29.2 Å². The van der Waals surface area contributed by atoms with Crippen LogP contribution >= 0.6 is 11.8 Å². The maximum Gasteiger partial charge on any atom is 0.326 e. The summed E-state index contributed by atoms with van der Waals surface area (Å²) in [7, 11) is 0. The zero-order valence-corrected chi connectivity index (χ0v) is 20.4. The zero-order valence-electron chi connectivity index (χ0n) is 19.5. The van der Waals surface area contributed by atoms with Crippen LogP contribution < -0.4 is 21.1 Å². The predicted octanol–water partition coefficient (Wildman–Crippen LogP) is 1.78. The second-order valence-corrected chi connectivity index (χ2v) is 9.63. The van der Waals surface area contributed by atoms with Gasteiger partial charge in [0, 0.05) is 19.0 Å². The molecule has 0 bridgehead atoms. The molecule has 0 radical (unpaired) electrons. The molecule has 4 rings (SSSR count). The van der Waals surface area contributed by atoms with E-state index >= 15 is 0 Å². The number of aromatic nitrogens is 2. The third-order valence-electron chi connectivity index (χ3n) is 5.65. The van der Waals surface area contributed by atoms with Gasteiger partial charge < -0.3 is 25.9 Å². The first-order valence-electron chi connectivity index (χ1n) is 11.4. The molecule has 0 spiro atoms. The van der Waals surface area contributed by atoms with Gasteiger partial charge in [0.25, 0.3) is 5.24 Å². The molecule has 1 fully saturated rings. The van der Waals surface area contributed by atoms with Crippen LogP contribution in [0, 0.1) is 0 Å². The summed E-state index contributed by atoms with van der Waals surface area (Å²) < 4.78 is 5.85. The fourth-order valence-corrected chi connectivity index (χ4v) is 4.56. The van der Waals surface area contributed by atoms with Crippen molar-refractivity contribution in [2.45, 2.75) is 36.6 Å². The van der Waals surface area contributed by atoms with Crippen LogP contribution in [0.15, 0.2) is 61.1 Å². The van der Waals surface area contributed by atoms with Crippen molar-refractivity contribution in [3.63, 3.8) is 0 Å². The van der Waals surface area contributed by atoms with Gasteiger partial charge in [-0.05, 0) is 41.8 Å². The molecule has 11 nitrogen and oxygen atoms in total. The lowest BCUT2D eigenvalue weighted by Gasteiger charge is -2.18. The number of benzene rings is 2. The number of hydrogen-bond donors (Lipinski definition) is 5. The lowest BCUT2D eigenvalue weighted by Crippen LogP contribution is -2.50. The van der Waals surface area contributed by atoms with E-state index in [1.54, 1.807) is 42.6 Å². The quantitative estimate of drug-likeness (QED) is 0.251. The molecule has 3 unspecified atom stereocenters. The Labute approximate surface area is 216 Å². The summed E-state index contributed by atoms with van der Waals surface area (Å²) in [6.07, 6.45) is 3.79. The van der Waals surface area contributed by atoms with Crippen LogP contribution in [0.1, 0.15) is 16.8 Å². The largest absolute Gasteiger partial charge is 0.480 e. The minimum Gasteiger partial charge on any atom is -0.480 e. The van der Waals surface area contributed by atoms with Crippen molar-refractivity contribution in [3.8, 4) is 11.5 Å². The SMILES string of the molecule is NC(Cc1c[nH]cn1)C(=O)NC(Cc1ccc(Oc2ccc(CC3SC(=O)NC3=O)cc2)cc1)C(=O)O. The first kappa shape index (κ1) is 25.9. The maximum atomic E-state index is 12.4. The van der Waals surface area contributed by atoms with Gasteiger partial charge in [-0.25, -0.2) is 9.78 Å². The summed E-state index contributed by atoms with van der Waals surface area (Å²) in [6, 6.07) is 12.0. The number of aromatic amines is 1. The van der Waals surface area contributed by atoms with Gasteiger partial charge >= 0.3 is 5.97 Å². The Hall–Kier alpha value is -4.16. The molecule has 12 heteroatoms. The highest BCUT2D eigenvalue weighted by Crippen LogP contribution is 2.26. The lowest BCUT2D eigenvalue weighted by atomic mass is 10.0. The third-order valence-corrected chi connectivity index (χ3v) is 6.63. The number of rotatable bonds is 11. The van der Waals surface area contributed by atoms with Crippen LogP contribution in [0.3, 0.4) is 0 Å². The Balaban J connectivity index is 1.30. The van der Waals surface area contributed by atoms with Gasteiger partial charge in [-0.3, -0.25) is 19.7 Å². The van der Waals surface area contributed by atoms with Crippen molar-refractivity contribution < 1.29 is 29.0 Å². The summed E-state index contributed by atoms with van der Waals surface area (Å²) in [4.78, 5) is 53.9. The van der Waals surface area contributed by atoms with Crippen molar-refractivity contribution in [1.82, 2.24) is 20.6 Å². The van der Waals surface area contributed by atoms with Crippen molar-refractivity contribution >= 4 is 34.8 Å². The van der Waals surface area contributed by atoms with Crippen molar-refractivity contribution in [3.05, 3.63) is 77.9 Å². The fourth-order valence-electron chi connectivity index (χ4n) is 3.70. The summed E-state index contributed by atoms with van der Waals surface area (Å²) in [6.45, 7) is 0. The number of aliphatic carboxylic acids is 1. The van der Waals surface area contributed by atoms with E-state index in [2.05, 4.69) is 20.6 Å². The van der Waals surface area contributed by atoms with E-state index < -0.39 is 29.2 Å². The number of hydrogen-bond acceptors (Lipinski definition) is 8. The van der Waals surface area contributed by atoms with E-state index in [1.807, 2.05) is 12.1 Å². The molecule has 0 aliphatic carbocycles. The number of nitrogens with one attached hydrogen (secondary N) is 3. The molecule has 37 heavy (non-hydrogen) atoms. The van der Waals surface area contributed by atoms with Gasteiger partial charge in [-0.2, -0.15) is 0 Å². The molecule has 1 saturated heterocycles. The molecule has 192 valence electrons. The summed E-state index contributed by atoms with van der Waals surface area (Å²) >= 11 is 0.987. The van der Waals surface area contributed by atoms with Gasteiger partial charge in [0.2, 0.25) is 11.8 Å². The van der Waals surface area contributed by atoms with Crippen LogP contribution in [0.4, 0.5) is 4.79 Å². The van der Waals surface area contributed by atoms with Crippen LogP contribution in [0.25, 0.3) is 0 Å². The number of H-pyrrole nitrogens is 1. The second-order valence-electron chi connectivity index (χ2n) is 8.45. The number of imide groups is 1. The number of nitrogens with zero attached hydrogens (tertiary/aromatic N) is 1. The molecule has 3 atom stereocenters. The third kappa shape index (κ3) is 7.18. The Morgan fingerprint density at radius 1 is 1.05 bits per heavy atom. The van der Waals surface area contributed by atoms with Gasteiger partial charge in [0.05, 0.1) is 23.3 Å². The van der Waals surface area contributed by atoms with E-state index in [9.17, 15) is 24.3 Å². The molecule has 0 saturated carbocycles. The second kappa shape index (κ2) is 11.7. The Kier molecular flexibility index (Phi) is 8.21. The van der Waals surface area contributed by atoms with Crippen LogP contribution in [-0.4, -0.2) is 55.4 Å². The summed E-state index contributed by atoms with van der Waals surface area (Å²) in [5.41, 5.74) is 8.10. The summed E-state index contributed by atoms with van der Waals surface area (Å²) in [5.74, 6) is -0.893. The lowest BCUT2D eigenvalue weighted by molar-refractivity contribution is -0.142. The normalized spacial score (nSPS) is 16.6. The number of carboxylic acid groups (broad SMARTS) is 1. The molecule has 1 aromatic heterocycles. The molecule has 1 aliphatic rings. The number of ether oxygens (including phenoxy) is 1. The van der Waals surface area contributed by atoms with Crippen molar-refractivity contribution in [2.75, 3.05) is 0 Å². The molecule has 6 N–H and O–H groups in total. The first-order valence-corrected chi connectivity index (χ1v) is 12.3. The molecule has 2 heterocycles. The van der Waals surface area contributed by atoms with E-state index in [1.165, 1.54) is 6.33 Å². The van der Waals surface area contributed by atoms with Crippen LogP contribution in [0.5, 0.6) is 11.5 Å². The number of carboxylic acids is 1. The highest BCUT2D eigenvalue weighted by Gasteiger charge is 2.31. The molecule has 1 aliphatic heterocycles. The molecule has 3 aromatic rings. The number of carbonyl (C=O) groups is 4.